The van der Waals surface area contributed by atoms with Gasteiger partial charge in [-0.15, -0.1) is 6.58 Å². The third-order valence-corrected chi connectivity index (χ3v) is 11.9. The monoisotopic (exact) mass is 414 g/mol. The zero-order valence-electron chi connectivity index (χ0n) is 19.4. The van der Waals surface area contributed by atoms with Crippen LogP contribution in [0.3, 0.4) is 0 Å². The second-order valence-electron chi connectivity index (χ2n) is 11.8. The number of hydrogen-bond donors (Lipinski definition) is 0. The fourth-order valence-corrected chi connectivity index (χ4v) is 10.1. The van der Waals surface area contributed by atoms with E-state index >= 15 is 0 Å². The number of Topliss-reactive ketones (excluding diaryl/α,β-unsaturated/α-hetero) is 1. The van der Waals surface area contributed by atoms with Crippen LogP contribution in [0, 0.1) is 34.5 Å². The Morgan fingerprint density at radius 2 is 1.97 bits per heavy atom. The van der Waals surface area contributed by atoms with Gasteiger partial charge in [-0.2, -0.15) is 0 Å². The van der Waals surface area contributed by atoms with Crippen LogP contribution in [0.5, 0.6) is 0 Å². The molecule has 0 aromatic rings. The maximum absolute atomic E-state index is 12.3. The predicted molar refractivity (Wildman–Crippen MR) is 123 cm³/mol. The SMILES string of the molecule is C=CC[Si](C)(C)O[C@H]1CC[C@@]2(C)C(=CC[C@H]3[C@@H]4CC[C@H](C(C)=O)[C@@]4(C)CC[C@@H]32)C1. The summed E-state index contributed by atoms with van der Waals surface area (Å²) in [5.41, 5.74) is 2.32. The normalized spacial score (nSPS) is 44.3. The summed E-state index contributed by atoms with van der Waals surface area (Å²) in [6.45, 7) is 15.5. The van der Waals surface area contributed by atoms with Crippen molar-refractivity contribution < 1.29 is 9.22 Å². The number of carbonyl (C=O) groups is 1. The molecule has 0 heterocycles. The van der Waals surface area contributed by atoms with E-state index in [0.29, 0.717) is 23.2 Å². The lowest BCUT2D eigenvalue weighted by atomic mass is 9.47. The van der Waals surface area contributed by atoms with Gasteiger partial charge in [-0.25, -0.2) is 0 Å². The van der Waals surface area contributed by atoms with Crippen LogP contribution in [-0.2, 0) is 9.22 Å². The van der Waals surface area contributed by atoms with Crippen molar-refractivity contribution >= 4 is 14.1 Å². The second kappa shape index (κ2) is 7.48. The average Bonchev–Trinajstić information content (AvgIpc) is 2.99. The van der Waals surface area contributed by atoms with Gasteiger partial charge in [0.2, 0.25) is 0 Å². The molecule has 0 spiro atoms. The van der Waals surface area contributed by atoms with Crippen molar-refractivity contribution in [2.75, 3.05) is 0 Å². The summed E-state index contributed by atoms with van der Waals surface area (Å²) in [6, 6.07) is 1.04. The molecule has 4 rings (SSSR count). The summed E-state index contributed by atoms with van der Waals surface area (Å²) in [5.74, 6) is 3.10. The Labute approximate surface area is 179 Å². The molecular formula is C26H42O2Si. The molecule has 29 heavy (non-hydrogen) atoms. The van der Waals surface area contributed by atoms with Crippen LogP contribution in [0.2, 0.25) is 19.1 Å². The topological polar surface area (TPSA) is 26.3 Å². The minimum absolute atomic E-state index is 0.259. The van der Waals surface area contributed by atoms with E-state index < -0.39 is 8.32 Å². The van der Waals surface area contributed by atoms with Gasteiger partial charge in [0.15, 0.2) is 8.32 Å². The highest BCUT2D eigenvalue weighted by Crippen LogP contribution is 2.66. The number of carbonyl (C=O) groups excluding carboxylic acids is 1. The molecule has 3 heteroatoms. The van der Waals surface area contributed by atoms with Gasteiger partial charge in [0.25, 0.3) is 0 Å². The Hall–Kier alpha value is -0.673. The van der Waals surface area contributed by atoms with Crippen molar-refractivity contribution in [2.45, 2.75) is 97.4 Å². The molecule has 0 bridgehead atoms. The van der Waals surface area contributed by atoms with Crippen molar-refractivity contribution in [1.82, 2.24) is 0 Å². The van der Waals surface area contributed by atoms with Crippen LogP contribution in [-0.4, -0.2) is 20.2 Å². The standard InChI is InChI=1S/C26H42O2Si/c1-7-16-29(5,6)28-20-12-14-25(3)19(17-20)8-9-21-23-11-10-22(18(2)27)26(23,4)15-13-24(21)25/h7-8,20-24H,1,9-17H2,2-6H3/t20-,21-,22+,23-,24-,25-,26+/m0/s1. The van der Waals surface area contributed by atoms with E-state index in [4.69, 9.17) is 4.43 Å². The fourth-order valence-electron chi connectivity index (χ4n) is 8.24. The van der Waals surface area contributed by atoms with Crippen LogP contribution in [0.4, 0.5) is 0 Å². The molecule has 0 amide bonds. The summed E-state index contributed by atoms with van der Waals surface area (Å²) in [5, 5.41) is 0. The molecule has 0 radical (unpaired) electrons. The van der Waals surface area contributed by atoms with Crippen molar-refractivity contribution in [1.29, 1.82) is 0 Å². The van der Waals surface area contributed by atoms with E-state index in [1.54, 1.807) is 5.57 Å². The number of rotatable bonds is 5. The first-order chi connectivity index (χ1) is 13.6. The lowest BCUT2D eigenvalue weighted by Gasteiger charge is -2.58. The summed E-state index contributed by atoms with van der Waals surface area (Å²) in [7, 11) is -1.63. The second-order valence-corrected chi connectivity index (χ2v) is 15.9. The summed E-state index contributed by atoms with van der Waals surface area (Å²) >= 11 is 0. The number of ketones is 1. The lowest BCUT2D eigenvalue weighted by molar-refractivity contribution is -0.127. The minimum atomic E-state index is -1.63. The number of fused-ring (bicyclic) bond motifs is 5. The molecule has 3 fully saturated rings. The largest absolute Gasteiger partial charge is 0.414 e. The first-order valence-electron chi connectivity index (χ1n) is 12.1. The van der Waals surface area contributed by atoms with Crippen molar-refractivity contribution in [3.63, 3.8) is 0 Å². The van der Waals surface area contributed by atoms with Crippen LogP contribution in [0.25, 0.3) is 0 Å². The average molecular weight is 415 g/mol. The first kappa shape index (κ1) is 21.6. The van der Waals surface area contributed by atoms with Gasteiger partial charge in [0, 0.05) is 12.0 Å². The molecule has 2 nitrogen and oxygen atoms in total. The molecule has 0 N–H and O–H groups in total. The van der Waals surface area contributed by atoms with Crippen LogP contribution < -0.4 is 0 Å². The molecule has 4 aliphatic rings. The maximum atomic E-state index is 12.3. The van der Waals surface area contributed by atoms with Gasteiger partial charge < -0.3 is 4.43 Å². The molecule has 0 aromatic heterocycles. The Balaban J connectivity index is 1.53. The van der Waals surface area contributed by atoms with Gasteiger partial charge in [-0.05, 0) is 106 Å². The Morgan fingerprint density at radius 1 is 1.21 bits per heavy atom. The maximum Gasteiger partial charge on any atom is 0.190 e. The van der Waals surface area contributed by atoms with Gasteiger partial charge in [0.1, 0.15) is 5.78 Å². The van der Waals surface area contributed by atoms with Gasteiger partial charge in [-0.3, -0.25) is 4.79 Å². The molecule has 0 aromatic carbocycles. The van der Waals surface area contributed by atoms with E-state index in [2.05, 4.69) is 39.6 Å². The van der Waals surface area contributed by atoms with Crippen molar-refractivity contribution in [3.05, 3.63) is 24.3 Å². The third kappa shape index (κ3) is 3.54. The summed E-state index contributed by atoms with van der Waals surface area (Å²) < 4.78 is 6.66. The zero-order valence-corrected chi connectivity index (χ0v) is 20.4. The van der Waals surface area contributed by atoms with E-state index in [-0.39, 0.29) is 5.41 Å². The first-order valence-corrected chi connectivity index (χ1v) is 15.2. The predicted octanol–water partition coefficient (Wildman–Crippen LogP) is 6.93. The molecule has 0 unspecified atom stereocenters. The number of hydrogen-bond acceptors (Lipinski definition) is 2. The summed E-state index contributed by atoms with van der Waals surface area (Å²) in [4.78, 5) is 12.3. The number of allylic oxidation sites excluding steroid dienone is 2. The molecular weight excluding hydrogens is 372 g/mol. The third-order valence-electron chi connectivity index (χ3n) is 9.67. The minimum Gasteiger partial charge on any atom is -0.414 e. The van der Waals surface area contributed by atoms with Gasteiger partial charge in [0.05, 0.1) is 0 Å². The van der Waals surface area contributed by atoms with E-state index in [1.807, 2.05) is 13.0 Å². The Bertz CT molecular complexity index is 709. The van der Waals surface area contributed by atoms with E-state index in [9.17, 15) is 4.79 Å². The molecule has 162 valence electrons. The summed E-state index contributed by atoms with van der Waals surface area (Å²) in [6.07, 6.45) is 14.9. The zero-order chi connectivity index (χ0) is 21.0. The van der Waals surface area contributed by atoms with Crippen molar-refractivity contribution in [2.24, 2.45) is 34.5 Å². The van der Waals surface area contributed by atoms with Gasteiger partial charge >= 0.3 is 0 Å². The quantitative estimate of drug-likeness (QED) is 0.360. The lowest BCUT2D eigenvalue weighted by Crippen LogP contribution is -2.51. The van der Waals surface area contributed by atoms with E-state index in [0.717, 1.165) is 36.6 Å². The highest BCUT2D eigenvalue weighted by atomic mass is 28.4. The Morgan fingerprint density at radius 3 is 2.66 bits per heavy atom. The molecule has 7 atom stereocenters. The highest BCUT2D eigenvalue weighted by Gasteiger charge is 2.59. The molecule has 0 aliphatic heterocycles. The fraction of sp³-hybridized carbons (Fsp3) is 0.808. The van der Waals surface area contributed by atoms with Crippen LogP contribution in [0.15, 0.2) is 24.3 Å². The molecule has 3 saturated carbocycles. The smallest absolute Gasteiger partial charge is 0.190 e. The molecule has 0 saturated heterocycles. The highest BCUT2D eigenvalue weighted by molar-refractivity contribution is 6.71. The molecule has 4 aliphatic carbocycles. The van der Waals surface area contributed by atoms with Crippen LogP contribution in [0.1, 0.15) is 72.1 Å². The van der Waals surface area contributed by atoms with E-state index in [1.165, 1.54) is 38.5 Å². The van der Waals surface area contributed by atoms with Crippen molar-refractivity contribution in [3.8, 4) is 0 Å². The Kier molecular flexibility index (Phi) is 5.56. The van der Waals surface area contributed by atoms with Gasteiger partial charge in [-0.1, -0.05) is 31.6 Å². The van der Waals surface area contributed by atoms with Crippen LogP contribution >= 0.6 is 0 Å².